The Labute approximate surface area is 121 Å². The summed E-state index contributed by atoms with van der Waals surface area (Å²) in [5.74, 6) is 2.32. The number of anilines is 1. The van der Waals surface area contributed by atoms with Crippen LogP contribution in [0.3, 0.4) is 0 Å². The zero-order valence-electron chi connectivity index (χ0n) is 12.9. The smallest absolute Gasteiger partial charge is 0.145 e. The van der Waals surface area contributed by atoms with Crippen molar-refractivity contribution in [3.8, 4) is 6.07 Å². The van der Waals surface area contributed by atoms with Crippen molar-refractivity contribution in [2.24, 2.45) is 11.3 Å². The minimum Gasteiger partial charge on any atom is -0.382 e. The summed E-state index contributed by atoms with van der Waals surface area (Å²) in [4.78, 5) is 8.86. The molecule has 0 unspecified atom stereocenters. The number of rotatable bonds is 1. The van der Waals surface area contributed by atoms with E-state index in [4.69, 9.17) is 11.0 Å². The van der Waals surface area contributed by atoms with Gasteiger partial charge < -0.3 is 5.73 Å². The lowest BCUT2D eigenvalue weighted by Crippen LogP contribution is -2.26. The van der Waals surface area contributed by atoms with Gasteiger partial charge in [0.05, 0.1) is 5.69 Å². The number of nitrogens with zero attached hydrogens (tertiary/aromatic N) is 3. The molecule has 1 heterocycles. The molecule has 0 aliphatic heterocycles. The van der Waals surface area contributed by atoms with Gasteiger partial charge in [-0.1, -0.05) is 20.8 Å². The van der Waals surface area contributed by atoms with Crippen LogP contribution in [-0.4, -0.2) is 9.97 Å². The van der Waals surface area contributed by atoms with Crippen LogP contribution >= 0.6 is 0 Å². The predicted molar refractivity (Wildman–Crippen MR) is 80.1 cm³/mol. The third-order valence-corrected chi connectivity index (χ3v) is 4.56. The second-order valence-corrected chi connectivity index (χ2v) is 6.95. The molecular weight excluding hydrogens is 248 g/mol. The summed E-state index contributed by atoms with van der Waals surface area (Å²) in [5, 5.41) is 9.01. The van der Waals surface area contributed by atoms with Gasteiger partial charge in [0.1, 0.15) is 23.3 Å². The molecule has 0 bridgehead atoms. The van der Waals surface area contributed by atoms with E-state index in [1.54, 1.807) is 0 Å². The molecule has 1 aliphatic rings. The van der Waals surface area contributed by atoms with Crippen LogP contribution in [0.4, 0.5) is 5.82 Å². The molecule has 4 heteroatoms. The van der Waals surface area contributed by atoms with Crippen LogP contribution in [-0.2, 0) is 0 Å². The van der Waals surface area contributed by atoms with Crippen molar-refractivity contribution in [1.82, 2.24) is 9.97 Å². The molecule has 1 fully saturated rings. The van der Waals surface area contributed by atoms with Gasteiger partial charge in [0.15, 0.2) is 0 Å². The Balaban J connectivity index is 2.14. The average Bonchev–Trinajstić information content (AvgIpc) is 2.37. The maximum Gasteiger partial charge on any atom is 0.145 e. The summed E-state index contributed by atoms with van der Waals surface area (Å²) in [6, 6.07) is 2.07. The predicted octanol–water partition coefficient (Wildman–Crippen LogP) is 3.56. The van der Waals surface area contributed by atoms with E-state index in [-0.39, 0.29) is 0 Å². The largest absolute Gasteiger partial charge is 0.382 e. The normalized spacial score (nSPS) is 23.4. The molecule has 0 aromatic carbocycles. The van der Waals surface area contributed by atoms with Gasteiger partial charge in [-0.2, -0.15) is 5.26 Å². The van der Waals surface area contributed by atoms with Crippen LogP contribution in [0.5, 0.6) is 0 Å². The van der Waals surface area contributed by atoms with Gasteiger partial charge in [0.25, 0.3) is 0 Å². The third kappa shape index (κ3) is 2.92. The van der Waals surface area contributed by atoms with Gasteiger partial charge >= 0.3 is 0 Å². The lowest BCUT2D eigenvalue weighted by Gasteiger charge is -2.36. The molecular formula is C16H24N4. The van der Waals surface area contributed by atoms with Crippen molar-refractivity contribution < 1.29 is 0 Å². The van der Waals surface area contributed by atoms with E-state index in [9.17, 15) is 0 Å². The number of hydrogen-bond acceptors (Lipinski definition) is 4. The Morgan fingerprint density at radius 3 is 2.20 bits per heavy atom. The Hall–Kier alpha value is -1.63. The average molecular weight is 272 g/mol. The molecule has 0 atom stereocenters. The minimum atomic E-state index is 0.327. The van der Waals surface area contributed by atoms with E-state index in [2.05, 4.69) is 36.8 Å². The fourth-order valence-corrected chi connectivity index (χ4v) is 3.16. The van der Waals surface area contributed by atoms with Crippen molar-refractivity contribution in [2.75, 3.05) is 5.73 Å². The number of nitriles is 1. The first kappa shape index (κ1) is 14.8. The number of aromatic nitrogens is 2. The summed E-state index contributed by atoms with van der Waals surface area (Å²) in [7, 11) is 0. The summed E-state index contributed by atoms with van der Waals surface area (Å²) in [6.45, 7) is 8.79. The number of nitrogens with two attached hydrogens (primary N) is 1. The van der Waals surface area contributed by atoms with E-state index in [1.165, 1.54) is 12.8 Å². The second-order valence-electron chi connectivity index (χ2n) is 6.95. The van der Waals surface area contributed by atoms with E-state index >= 15 is 0 Å². The second kappa shape index (κ2) is 5.40. The first-order valence-corrected chi connectivity index (χ1v) is 7.37. The van der Waals surface area contributed by atoms with Crippen LogP contribution < -0.4 is 5.73 Å². The molecule has 4 nitrogen and oxygen atoms in total. The zero-order valence-corrected chi connectivity index (χ0v) is 12.9. The Morgan fingerprint density at radius 2 is 1.75 bits per heavy atom. The quantitative estimate of drug-likeness (QED) is 0.848. The molecule has 108 valence electrons. The highest BCUT2D eigenvalue weighted by atomic mass is 15.0. The van der Waals surface area contributed by atoms with Crippen molar-refractivity contribution in [3.05, 3.63) is 17.1 Å². The monoisotopic (exact) mass is 272 g/mol. The maximum atomic E-state index is 9.01. The van der Waals surface area contributed by atoms with Crippen LogP contribution in [0.1, 0.15) is 69.5 Å². The van der Waals surface area contributed by atoms with Crippen LogP contribution in [0.15, 0.2) is 0 Å². The van der Waals surface area contributed by atoms with Crippen molar-refractivity contribution in [3.63, 3.8) is 0 Å². The zero-order chi connectivity index (χ0) is 14.9. The van der Waals surface area contributed by atoms with Crippen molar-refractivity contribution >= 4 is 5.82 Å². The molecule has 0 saturated heterocycles. The highest BCUT2D eigenvalue weighted by molar-refractivity contribution is 5.50. The summed E-state index contributed by atoms with van der Waals surface area (Å²) in [5.41, 5.74) is 7.36. The van der Waals surface area contributed by atoms with Crippen LogP contribution in [0.2, 0.25) is 0 Å². The number of aryl methyl sites for hydroxylation is 1. The molecule has 20 heavy (non-hydrogen) atoms. The summed E-state index contributed by atoms with van der Waals surface area (Å²) >= 11 is 0. The first-order valence-electron chi connectivity index (χ1n) is 7.37. The minimum absolute atomic E-state index is 0.327. The lowest BCUT2D eigenvalue weighted by atomic mass is 9.69. The molecule has 1 saturated carbocycles. The number of nitrogen functional groups attached to an aromatic ring is 1. The van der Waals surface area contributed by atoms with Crippen LogP contribution in [0, 0.1) is 29.6 Å². The highest BCUT2D eigenvalue weighted by Gasteiger charge is 2.31. The third-order valence-electron chi connectivity index (χ3n) is 4.56. The van der Waals surface area contributed by atoms with Gasteiger partial charge in [-0.15, -0.1) is 0 Å². The molecule has 0 amide bonds. The maximum absolute atomic E-state index is 9.01. The van der Waals surface area contributed by atoms with E-state index in [0.717, 1.165) is 24.6 Å². The van der Waals surface area contributed by atoms with E-state index in [1.807, 2.05) is 6.92 Å². The fraction of sp³-hybridized carbons (Fsp3) is 0.688. The molecule has 2 N–H and O–H groups in total. The van der Waals surface area contributed by atoms with Crippen molar-refractivity contribution in [2.45, 2.75) is 59.3 Å². The molecule has 1 aromatic heterocycles. The molecule has 0 spiro atoms. The Kier molecular flexibility index (Phi) is 3.99. The molecule has 2 rings (SSSR count). The molecule has 1 aliphatic carbocycles. The molecule has 1 aromatic rings. The SMILES string of the molecule is Cc1nc(C2CCC(C(C)(C)C)CC2)nc(N)c1C#N. The van der Waals surface area contributed by atoms with E-state index in [0.29, 0.717) is 28.4 Å². The standard InChI is InChI=1S/C16H24N4/c1-10-13(9-17)14(18)20-15(19-10)11-5-7-12(8-6-11)16(2,3)4/h11-12H,5-8H2,1-4H3,(H2,18,19,20). The van der Waals surface area contributed by atoms with Gasteiger partial charge in [-0.05, 0) is 43.9 Å². The van der Waals surface area contributed by atoms with Gasteiger partial charge in [0, 0.05) is 5.92 Å². The Morgan fingerprint density at radius 1 is 1.15 bits per heavy atom. The van der Waals surface area contributed by atoms with Gasteiger partial charge in [0.2, 0.25) is 0 Å². The van der Waals surface area contributed by atoms with Crippen molar-refractivity contribution in [1.29, 1.82) is 5.26 Å². The molecule has 0 radical (unpaired) electrons. The highest BCUT2D eigenvalue weighted by Crippen LogP contribution is 2.42. The van der Waals surface area contributed by atoms with E-state index < -0.39 is 0 Å². The summed E-state index contributed by atoms with van der Waals surface area (Å²) < 4.78 is 0. The van der Waals surface area contributed by atoms with Crippen LogP contribution in [0.25, 0.3) is 0 Å². The van der Waals surface area contributed by atoms with Gasteiger partial charge in [-0.3, -0.25) is 0 Å². The summed E-state index contributed by atoms with van der Waals surface area (Å²) in [6.07, 6.45) is 4.67. The number of hydrogen-bond donors (Lipinski definition) is 1. The topological polar surface area (TPSA) is 75.6 Å². The van der Waals surface area contributed by atoms with Gasteiger partial charge in [-0.25, -0.2) is 9.97 Å². The Bertz CT molecular complexity index is 505. The first-order chi connectivity index (χ1) is 9.32. The lowest BCUT2D eigenvalue weighted by molar-refractivity contribution is 0.167. The fourth-order valence-electron chi connectivity index (χ4n) is 3.16.